The smallest absolute Gasteiger partial charge is 0.239 e. The maximum Gasteiger partial charge on any atom is 0.239 e. The first-order valence-electron chi connectivity index (χ1n) is 9.02. The number of amides is 2. The second kappa shape index (κ2) is 9.72. The Morgan fingerprint density at radius 3 is 1.82 bits per heavy atom. The van der Waals surface area contributed by atoms with Crippen LogP contribution in [0.5, 0.6) is 0 Å². The SMILES string of the molecule is O=C(CNC(=O)C(c1ccccc1)c1ccccc1)NCc1ccc(Cl)cc1. The molecule has 3 rings (SSSR count). The highest BCUT2D eigenvalue weighted by molar-refractivity contribution is 6.30. The number of hydrogen-bond donors (Lipinski definition) is 2. The van der Waals surface area contributed by atoms with Crippen molar-refractivity contribution < 1.29 is 9.59 Å². The lowest BCUT2D eigenvalue weighted by atomic mass is 9.90. The Hall–Kier alpha value is -3.11. The van der Waals surface area contributed by atoms with E-state index < -0.39 is 5.92 Å². The number of hydrogen-bond acceptors (Lipinski definition) is 2. The first-order valence-corrected chi connectivity index (χ1v) is 9.40. The zero-order chi connectivity index (χ0) is 19.8. The fraction of sp³-hybridized carbons (Fsp3) is 0.130. The molecule has 4 nitrogen and oxygen atoms in total. The first-order chi connectivity index (χ1) is 13.6. The molecule has 0 aromatic heterocycles. The molecule has 0 heterocycles. The summed E-state index contributed by atoms with van der Waals surface area (Å²) in [5.41, 5.74) is 2.70. The van der Waals surface area contributed by atoms with Crippen molar-refractivity contribution in [2.75, 3.05) is 6.54 Å². The van der Waals surface area contributed by atoms with Crippen molar-refractivity contribution >= 4 is 23.4 Å². The van der Waals surface area contributed by atoms with Gasteiger partial charge < -0.3 is 10.6 Å². The van der Waals surface area contributed by atoms with E-state index in [0.717, 1.165) is 16.7 Å². The van der Waals surface area contributed by atoms with Crippen LogP contribution in [0.25, 0.3) is 0 Å². The minimum atomic E-state index is -0.466. The summed E-state index contributed by atoms with van der Waals surface area (Å²) in [5.74, 6) is -0.923. The Morgan fingerprint density at radius 2 is 1.29 bits per heavy atom. The Morgan fingerprint density at radius 1 is 0.750 bits per heavy atom. The van der Waals surface area contributed by atoms with Crippen molar-refractivity contribution in [3.63, 3.8) is 0 Å². The molecule has 2 N–H and O–H groups in total. The van der Waals surface area contributed by atoms with Crippen LogP contribution in [-0.2, 0) is 16.1 Å². The Kier molecular flexibility index (Phi) is 6.82. The van der Waals surface area contributed by atoms with Gasteiger partial charge in [-0.1, -0.05) is 84.4 Å². The van der Waals surface area contributed by atoms with Gasteiger partial charge in [0, 0.05) is 11.6 Å². The third-order valence-corrected chi connectivity index (χ3v) is 4.61. The van der Waals surface area contributed by atoms with Gasteiger partial charge in [-0.3, -0.25) is 9.59 Å². The average molecular weight is 393 g/mol. The summed E-state index contributed by atoms with van der Waals surface area (Å²) in [6.45, 7) is 0.301. The molecule has 0 saturated heterocycles. The van der Waals surface area contributed by atoms with Crippen molar-refractivity contribution in [2.45, 2.75) is 12.5 Å². The van der Waals surface area contributed by atoms with E-state index in [2.05, 4.69) is 10.6 Å². The maximum atomic E-state index is 12.9. The van der Waals surface area contributed by atoms with E-state index in [1.54, 1.807) is 12.1 Å². The molecule has 0 aliphatic rings. The van der Waals surface area contributed by atoms with Crippen LogP contribution in [0.2, 0.25) is 5.02 Å². The molecule has 28 heavy (non-hydrogen) atoms. The molecule has 0 saturated carbocycles. The third kappa shape index (κ3) is 5.44. The molecule has 0 aliphatic carbocycles. The maximum absolute atomic E-state index is 12.9. The van der Waals surface area contributed by atoms with E-state index in [1.165, 1.54) is 0 Å². The van der Waals surface area contributed by atoms with Gasteiger partial charge in [-0.15, -0.1) is 0 Å². The lowest BCUT2D eigenvalue weighted by molar-refractivity contribution is -0.126. The topological polar surface area (TPSA) is 58.2 Å². The molecule has 0 unspecified atom stereocenters. The summed E-state index contributed by atoms with van der Waals surface area (Å²) in [6, 6.07) is 26.3. The van der Waals surface area contributed by atoms with Crippen molar-refractivity contribution in [3.05, 3.63) is 107 Å². The molecule has 5 heteroatoms. The van der Waals surface area contributed by atoms with E-state index in [-0.39, 0.29) is 18.4 Å². The summed E-state index contributed by atoms with van der Waals surface area (Å²) in [5, 5.41) is 6.20. The lowest BCUT2D eigenvalue weighted by Crippen LogP contribution is -2.39. The number of nitrogens with one attached hydrogen (secondary N) is 2. The van der Waals surface area contributed by atoms with Gasteiger partial charge in [0.2, 0.25) is 11.8 Å². The van der Waals surface area contributed by atoms with E-state index in [9.17, 15) is 9.59 Å². The number of carbonyl (C=O) groups is 2. The highest BCUT2D eigenvalue weighted by Gasteiger charge is 2.22. The molecule has 0 bridgehead atoms. The minimum absolute atomic E-state index is 0.0808. The zero-order valence-electron chi connectivity index (χ0n) is 15.3. The predicted molar refractivity (Wildman–Crippen MR) is 111 cm³/mol. The molecular weight excluding hydrogens is 372 g/mol. The molecule has 0 radical (unpaired) electrons. The van der Waals surface area contributed by atoms with Crippen LogP contribution in [0.1, 0.15) is 22.6 Å². The van der Waals surface area contributed by atoms with Crippen LogP contribution in [-0.4, -0.2) is 18.4 Å². The van der Waals surface area contributed by atoms with Crippen LogP contribution in [0.15, 0.2) is 84.9 Å². The molecule has 0 fully saturated rings. The van der Waals surface area contributed by atoms with E-state index in [0.29, 0.717) is 11.6 Å². The first kappa shape index (κ1) is 19.6. The van der Waals surface area contributed by atoms with E-state index in [4.69, 9.17) is 11.6 Å². The Balaban J connectivity index is 1.60. The summed E-state index contributed by atoms with van der Waals surface area (Å²) in [6.07, 6.45) is 0. The second-order valence-electron chi connectivity index (χ2n) is 6.38. The van der Waals surface area contributed by atoms with Gasteiger partial charge in [0.1, 0.15) is 0 Å². The number of halogens is 1. The number of carbonyl (C=O) groups excluding carboxylic acids is 2. The van der Waals surface area contributed by atoms with Crippen molar-refractivity contribution in [3.8, 4) is 0 Å². The summed E-state index contributed by atoms with van der Waals surface area (Å²) >= 11 is 5.85. The summed E-state index contributed by atoms with van der Waals surface area (Å²) in [7, 11) is 0. The largest absolute Gasteiger partial charge is 0.350 e. The molecular formula is C23H21ClN2O2. The second-order valence-corrected chi connectivity index (χ2v) is 6.81. The molecule has 3 aromatic rings. The normalized spacial score (nSPS) is 10.5. The van der Waals surface area contributed by atoms with E-state index in [1.807, 2.05) is 72.8 Å². The number of benzene rings is 3. The quantitative estimate of drug-likeness (QED) is 0.640. The van der Waals surface area contributed by atoms with Gasteiger partial charge >= 0.3 is 0 Å². The summed E-state index contributed by atoms with van der Waals surface area (Å²) in [4.78, 5) is 25.0. The molecule has 0 atom stereocenters. The van der Waals surface area contributed by atoms with Gasteiger partial charge in [-0.05, 0) is 28.8 Å². The molecule has 142 valence electrons. The average Bonchev–Trinajstić information content (AvgIpc) is 2.73. The monoisotopic (exact) mass is 392 g/mol. The van der Waals surface area contributed by atoms with Crippen LogP contribution < -0.4 is 10.6 Å². The van der Waals surface area contributed by atoms with Crippen LogP contribution >= 0.6 is 11.6 Å². The van der Waals surface area contributed by atoms with Crippen LogP contribution in [0.4, 0.5) is 0 Å². The fourth-order valence-electron chi connectivity index (χ4n) is 2.92. The standard InChI is InChI=1S/C23H21ClN2O2/c24-20-13-11-17(12-14-20)15-25-21(27)16-26-23(28)22(18-7-3-1-4-8-18)19-9-5-2-6-10-19/h1-14,22H,15-16H2,(H,25,27)(H,26,28). The predicted octanol–water partition coefficient (Wildman–Crippen LogP) is 3.90. The Labute approximate surface area is 169 Å². The van der Waals surface area contributed by atoms with Gasteiger partial charge in [0.15, 0.2) is 0 Å². The molecule has 2 amide bonds. The lowest BCUT2D eigenvalue weighted by Gasteiger charge is -2.18. The van der Waals surface area contributed by atoms with Crippen LogP contribution in [0.3, 0.4) is 0 Å². The molecule has 0 spiro atoms. The Bertz CT molecular complexity index is 873. The van der Waals surface area contributed by atoms with Gasteiger partial charge in [0.25, 0.3) is 0 Å². The number of rotatable bonds is 7. The van der Waals surface area contributed by atoms with Crippen molar-refractivity contribution in [2.24, 2.45) is 0 Å². The fourth-order valence-corrected chi connectivity index (χ4v) is 3.05. The third-order valence-electron chi connectivity index (χ3n) is 4.35. The summed E-state index contributed by atoms with van der Waals surface area (Å²) < 4.78 is 0. The van der Waals surface area contributed by atoms with E-state index >= 15 is 0 Å². The van der Waals surface area contributed by atoms with Crippen molar-refractivity contribution in [1.29, 1.82) is 0 Å². The molecule has 0 aliphatic heterocycles. The van der Waals surface area contributed by atoms with Crippen LogP contribution in [0, 0.1) is 0 Å². The molecule has 3 aromatic carbocycles. The van der Waals surface area contributed by atoms with Crippen molar-refractivity contribution in [1.82, 2.24) is 10.6 Å². The van der Waals surface area contributed by atoms with Gasteiger partial charge in [-0.2, -0.15) is 0 Å². The highest BCUT2D eigenvalue weighted by Crippen LogP contribution is 2.24. The minimum Gasteiger partial charge on any atom is -0.350 e. The highest BCUT2D eigenvalue weighted by atomic mass is 35.5. The van der Waals surface area contributed by atoms with Gasteiger partial charge in [0.05, 0.1) is 12.5 Å². The zero-order valence-corrected chi connectivity index (χ0v) is 16.0. The van der Waals surface area contributed by atoms with Gasteiger partial charge in [-0.25, -0.2) is 0 Å².